The Balaban J connectivity index is 1.39. The van der Waals surface area contributed by atoms with E-state index in [1.165, 1.54) is 6.07 Å². The molecule has 3 aromatic rings. The summed E-state index contributed by atoms with van der Waals surface area (Å²) >= 11 is 0. The summed E-state index contributed by atoms with van der Waals surface area (Å²) in [6, 6.07) is 14.2. The van der Waals surface area contributed by atoms with Gasteiger partial charge in [0.2, 0.25) is 11.8 Å². The summed E-state index contributed by atoms with van der Waals surface area (Å²) in [5.74, 6) is 1.25. The minimum atomic E-state index is -0.387. The number of anilines is 1. The summed E-state index contributed by atoms with van der Waals surface area (Å²) in [7, 11) is 0. The first-order chi connectivity index (χ1) is 16.6. The molecule has 2 aliphatic heterocycles. The van der Waals surface area contributed by atoms with E-state index in [1.807, 2.05) is 30.3 Å². The van der Waals surface area contributed by atoms with E-state index in [4.69, 9.17) is 19.4 Å². The summed E-state index contributed by atoms with van der Waals surface area (Å²) < 4.78 is 25.4. The molecule has 34 heavy (non-hydrogen) atoms. The minimum Gasteiger partial charge on any atom is -0.445 e. The van der Waals surface area contributed by atoms with Crippen LogP contribution in [0.15, 0.2) is 48.5 Å². The predicted molar refractivity (Wildman–Crippen MR) is 125 cm³/mol. The third-order valence-electron chi connectivity index (χ3n) is 6.21. The summed E-state index contributed by atoms with van der Waals surface area (Å²) in [5, 5.41) is 0. The van der Waals surface area contributed by atoms with Crippen molar-refractivity contribution in [3.05, 3.63) is 76.7 Å². The van der Waals surface area contributed by atoms with E-state index in [1.54, 1.807) is 24.0 Å². The van der Waals surface area contributed by atoms with Gasteiger partial charge in [-0.2, -0.15) is 4.98 Å². The first-order valence-electron chi connectivity index (χ1n) is 11.6. The lowest BCUT2D eigenvalue weighted by Crippen LogP contribution is -2.37. The van der Waals surface area contributed by atoms with Crippen LogP contribution in [0.5, 0.6) is 11.6 Å². The second kappa shape index (κ2) is 9.67. The van der Waals surface area contributed by atoms with Crippen molar-refractivity contribution in [1.29, 1.82) is 0 Å². The summed E-state index contributed by atoms with van der Waals surface area (Å²) in [6.07, 6.45) is 2.41. The average molecular weight is 463 g/mol. The van der Waals surface area contributed by atoms with Crippen LogP contribution >= 0.6 is 0 Å². The van der Waals surface area contributed by atoms with Crippen molar-refractivity contribution < 1.29 is 18.7 Å². The van der Waals surface area contributed by atoms with Gasteiger partial charge in [0.05, 0.1) is 17.8 Å². The van der Waals surface area contributed by atoms with Gasteiger partial charge in [-0.1, -0.05) is 30.3 Å². The van der Waals surface area contributed by atoms with Gasteiger partial charge in [0.15, 0.2) is 0 Å². The molecule has 8 heteroatoms. The normalized spacial score (nSPS) is 15.2. The van der Waals surface area contributed by atoms with Crippen molar-refractivity contribution in [2.75, 3.05) is 24.5 Å². The maximum absolute atomic E-state index is 13.8. The number of carbonyl (C=O) groups excluding carboxylic acids is 1. The van der Waals surface area contributed by atoms with Gasteiger partial charge in [0.25, 0.3) is 0 Å². The van der Waals surface area contributed by atoms with Crippen LogP contribution in [0.4, 0.5) is 15.1 Å². The second-order valence-electron chi connectivity index (χ2n) is 8.67. The number of fused-ring (bicyclic) bond motifs is 1. The number of hydrogen-bond donors (Lipinski definition) is 0. The molecule has 0 N–H and O–H groups in total. The summed E-state index contributed by atoms with van der Waals surface area (Å²) in [5.41, 5.74) is 3.06. The maximum Gasteiger partial charge on any atom is 0.410 e. The zero-order valence-electron chi connectivity index (χ0n) is 19.2. The zero-order valence-corrected chi connectivity index (χ0v) is 19.2. The second-order valence-corrected chi connectivity index (χ2v) is 8.67. The van der Waals surface area contributed by atoms with Gasteiger partial charge in [0, 0.05) is 26.1 Å². The molecule has 0 unspecified atom stereocenters. The fourth-order valence-corrected chi connectivity index (χ4v) is 4.27. The highest BCUT2D eigenvalue weighted by Gasteiger charge is 2.29. The van der Waals surface area contributed by atoms with Gasteiger partial charge in [-0.05, 0) is 49.1 Å². The molecule has 0 atom stereocenters. The Morgan fingerprint density at radius 1 is 1.06 bits per heavy atom. The molecule has 0 spiro atoms. The van der Waals surface area contributed by atoms with Crippen LogP contribution in [0, 0.1) is 12.7 Å². The average Bonchev–Trinajstić information content (AvgIpc) is 3.40. The van der Waals surface area contributed by atoms with Crippen molar-refractivity contribution in [3.63, 3.8) is 0 Å². The molecule has 5 rings (SSSR count). The van der Waals surface area contributed by atoms with Crippen LogP contribution in [0.3, 0.4) is 0 Å². The highest BCUT2D eigenvalue weighted by atomic mass is 19.1. The molecule has 0 bridgehead atoms. The number of aryl methyl sites for hydroxylation is 1. The number of ether oxygens (including phenoxy) is 2. The lowest BCUT2D eigenvalue weighted by molar-refractivity contribution is 0.0912. The molecule has 3 heterocycles. The standard InChI is InChI=1S/C26H27FN4O3/c1-18-15-20(9-10-22(18)27)34-24-21-16-31(26(32)33-17-19-7-3-2-4-8-19)14-11-23(21)28-25(29-24)30-12-5-6-13-30/h2-4,7-10,15H,5-6,11-14,16-17H2,1H3. The lowest BCUT2D eigenvalue weighted by Gasteiger charge is -2.29. The van der Waals surface area contributed by atoms with Crippen molar-refractivity contribution in [1.82, 2.24) is 14.9 Å². The third-order valence-corrected chi connectivity index (χ3v) is 6.21. The Hall–Kier alpha value is -3.68. The molecule has 176 valence electrons. The first kappa shape index (κ1) is 22.1. The monoisotopic (exact) mass is 462 g/mol. The SMILES string of the molecule is Cc1cc(Oc2nc(N3CCCC3)nc3c2CN(C(=O)OCc2ccccc2)CC3)ccc1F. The predicted octanol–water partition coefficient (Wildman–Crippen LogP) is 5.01. The fraction of sp³-hybridized carbons (Fsp3) is 0.346. The van der Waals surface area contributed by atoms with Crippen LogP contribution in [0.25, 0.3) is 0 Å². The van der Waals surface area contributed by atoms with Crippen molar-refractivity contribution in [3.8, 4) is 11.6 Å². The topological polar surface area (TPSA) is 67.8 Å². The van der Waals surface area contributed by atoms with E-state index in [2.05, 4.69) is 4.90 Å². The molecule has 1 saturated heterocycles. The Bertz CT molecular complexity index is 1180. The van der Waals surface area contributed by atoms with Gasteiger partial charge >= 0.3 is 6.09 Å². The molecule has 1 fully saturated rings. The molecule has 2 aliphatic rings. The Morgan fingerprint density at radius 2 is 1.85 bits per heavy atom. The maximum atomic E-state index is 13.8. The third kappa shape index (κ3) is 4.81. The Labute approximate surface area is 198 Å². The number of carbonyl (C=O) groups is 1. The molecule has 7 nitrogen and oxygen atoms in total. The quantitative estimate of drug-likeness (QED) is 0.531. The van der Waals surface area contributed by atoms with Crippen LogP contribution in [-0.4, -0.2) is 40.6 Å². The molecule has 0 aliphatic carbocycles. The summed E-state index contributed by atoms with van der Waals surface area (Å²) in [6.45, 7) is 4.52. The number of amides is 1. The van der Waals surface area contributed by atoms with Gasteiger partial charge in [-0.3, -0.25) is 0 Å². The van der Waals surface area contributed by atoms with Crippen LogP contribution in [0.2, 0.25) is 0 Å². The summed E-state index contributed by atoms with van der Waals surface area (Å²) in [4.78, 5) is 26.1. The molecule has 1 aromatic heterocycles. The van der Waals surface area contributed by atoms with Crippen molar-refractivity contribution >= 4 is 12.0 Å². The van der Waals surface area contributed by atoms with Gasteiger partial charge in [-0.15, -0.1) is 0 Å². The van der Waals surface area contributed by atoms with E-state index in [0.29, 0.717) is 42.7 Å². The zero-order chi connectivity index (χ0) is 23.5. The highest BCUT2D eigenvalue weighted by Crippen LogP contribution is 2.33. The number of halogens is 1. The van der Waals surface area contributed by atoms with Crippen molar-refractivity contribution in [2.24, 2.45) is 0 Å². The van der Waals surface area contributed by atoms with Gasteiger partial charge in [-0.25, -0.2) is 14.2 Å². The van der Waals surface area contributed by atoms with Crippen LogP contribution < -0.4 is 9.64 Å². The van der Waals surface area contributed by atoms with E-state index >= 15 is 0 Å². The Kier molecular flexibility index (Phi) is 6.29. The molecule has 1 amide bonds. The molecular formula is C26H27FN4O3. The minimum absolute atomic E-state index is 0.214. The number of benzene rings is 2. The Morgan fingerprint density at radius 3 is 2.62 bits per heavy atom. The van der Waals surface area contributed by atoms with E-state index in [9.17, 15) is 9.18 Å². The van der Waals surface area contributed by atoms with Gasteiger partial charge in [0.1, 0.15) is 18.2 Å². The molecule has 0 radical (unpaired) electrons. The largest absolute Gasteiger partial charge is 0.445 e. The smallest absolute Gasteiger partial charge is 0.410 e. The molecule has 2 aromatic carbocycles. The number of aromatic nitrogens is 2. The highest BCUT2D eigenvalue weighted by molar-refractivity contribution is 5.68. The van der Waals surface area contributed by atoms with Gasteiger partial charge < -0.3 is 19.3 Å². The number of rotatable bonds is 5. The van der Waals surface area contributed by atoms with E-state index in [-0.39, 0.29) is 18.5 Å². The van der Waals surface area contributed by atoms with Crippen LogP contribution in [-0.2, 0) is 24.3 Å². The van der Waals surface area contributed by atoms with E-state index in [0.717, 1.165) is 42.8 Å². The lowest BCUT2D eigenvalue weighted by atomic mass is 10.1. The van der Waals surface area contributed by atoms with E-state index < -0.39 is 0 Å². The molecular weight excluding hydrogens is 435 g/mol. The number of hydrogen-bond acceptors (Lipinski definition) is 6. The first-order valence-corrected chi connectivity index (χ1v) is 11.6. The van der Waals surface area contributed by atoms with Crippen LogP contribution in [0.1, 0.15) is 35.2 Å². The fourth-order valence-electron chi connectivity index (χ4n) is 4.27. The number of nitrogens with zero attached hydrogens (tertiary/aromatic N) is 4. The van der Waals surface area contributed by atoms with Crippen molar-refractivity contribution in [2.45, 2.75) is 39.3 Å². The molecule has 0 saturated carbocycles.